The van der Waals surface area contributed by atoms with Gasteiger partial charge in [0.1, 0.15) is 0 Å². The van der Waals surface area contributed by atoms with Gasteiger partial charge in [-0.25, -0.2) is 0 Å². The van der Waals surface area contributed by atoms with Crippen LogP contribution in [0.4, 0.5) is 0 Å². The Morgan fingerprint density at radius 2 is 1.72 bits per heavy atom. The van der Waals surface area contributed by atoms with Crippen LogP contribution in [0.2, 0.25) is 0 Å². The predicted octanol–water partition coefficient (Wildman–Crippen LogP) is 5.23. The molecule has 0 saturated heterocycles. The van der Waals surface area contributed by atoms with Crippen LogP contribution in [0.25, 0.3) is 0 Å². The molecule has 18 heavy (non-hydrogen) atoms. The Balaban J connectivity index is 2.16. The summed E-state index contributed by atoms with van der Waals surface area (Å²) >= 11 is 1.47. The maximum absolute atomic E-state index is 12.0. The topological polar surface area (TPSA) is 17.1 Å². The molecule has 0 amide bonds. The molecular weight excluding hydrogens is 240 g/mol. The molecule has 0 heterocycles. The summed E-state index contributed by atoms with van der Waals surface area (Å²) in [4.78, 5) is 12.0. The third-order valence-electron chi connectivity index (χ3n) is 3.10. The minimum atomic E-state index is 0.224. The van der Waals surface area contributed by atoms with Gasteiger partial charge in [-0.15, -0.1) is 0 Å². The maximum atomic E-state index is 12.0. The summed E-state index contributed by atoms with van der Waals surface area (Å²) < 4.78 is 0. The smallest absolute Gasteiger partial charge is 0.219 e. The van der Waals surface area contributed by atoms with Crippen LogP contribution in [0.1, 0.15) is 61.4 Å². The third-order valence-corrected chi connectivity index (χ3v) is 4.07. The van der Waals surface area contributed by atoms with Crippen LogP contribution >= 0.6 is 11.8 Å². The predicted molar refractivity (Wildman–Crippen MR) is 81.3 cm³/mol. The fraction of sp³-hybridized carbons (Fsp3) is 0.562. The third kappa shape index (κ3) is 5.72. The lowest BCUT2D eigenvalue weighted by atomic mass is 10.1. The first kappa shape index (κ1) is 15.3. The largest absolute Gasteiger partial charge is 0.282 e. The van der Waals surface area contributed by atoms with Gasteiger partial charge < -0.3 is 0 Å². The van der Waals surface area contributed by atoms with Crippen LogP contribution in [-0.4, -0.2) is 10.9 Å². The van der Waals surface area contributed by atoms with Crippen molar-refractivity contribution in [3.05, 3.63) is 35.4 Å². The van der Waals surface area contributed by atoms with Gasteiger partial charge in [0, 0.05) is 11.3 Å². The van der Waals surface area contributed by atoms with Crippen LogP contribution < -0.4 is 0 Å². The van der Waals surface area contributed by atoms with E-state index in [0.717, 1.165) is 23.3 Å². The summed E-state index contributed by atoms with van der Waals surface area (Å²) in [5.74, 6) is 0.958. The molecule has 0 aromatic heterocycles. The molecule has 0 saturated carbocycles. The molecule has 0 unspecified atom stereocenters. The first-order chi connectivity index (χ1) is 8.75. The summed E-state index contributed by atoms with van der Waals surface area (Å²) in [6.07, 6.45) is 7.70. The molecule has 0 fully saturated rings. The number of aryl methyl sites for hydroxylation is 1. The Bertz CT molecular complexity index is 360. The summed E-state index contributed by atoms with van der Waals surface area (Å²) in [6, 6.07) is 7.83. The molecule has 0 aliphatic rings. The Labute approximate surface area is 115 Å². The van der Waals surface area contributed by atoms with E-state index in [9.17, 15) is 4.79 Å². The van der Waals surface area contributed by atoms with Gasteiger partial charge in [-0.1, -0.05) is 75.1 Å². The minimum absolute atomic E-state index is 0.224. The van der Waals surface area contributed by atoms with Gasteiger partial charge in [-0.2, -0.15) is 0 Å². The molecular formula is C16H24OS. The lowest BCUT2D eigenvalue weighted by Gasteiger charge is -2.04. The van der Waals surface area contributed by atoms with Crippen LogP contribution in [-0.2, 0) is 0 Å². The van der Waals surface area contributed by atoms with E-state index in [1.54, 1.807) is 0 Å². The van der Waals surface area contributed by atoms with E-state index in [4.69, 9.17) is 0 Å². The lowest BCUT2D eigenvalue weighted by molar-refractivity contribution is 0.108. The normalized spacial score (nSPS) is 10.6. The van der Waals surface area contributed by atoms with Crippen molar-refractivity contribution in [3.63, 3.8) is 0 Å². The van der Waals surface area contributed by atoms with E-state index in [-0.39, 0.29) is 5.12 Å². The number of carbonyl (C=O) groups excluding carboxylic acids is 1. The minimum Gasteiger partial charge on any atom is -0.282 e. The zero-order valence-corrected chi connectivity index (χ0v) is 12.4. The van der Waals surface area contributed by atoms with Crippen molar-refractivity contribution < 1.29 is 4.79 Å². The van der Waals surface area contributed by atoms with Gasteiger partial charge >= 0.3 is 0 Å². The molecule has 1 aromatic rings. The van der Waals surface area contributed by atoms with Crippen molar-refractivity contribution in [2.24, 2.45) is 0 Å². The molecule has 1 rings (SSSR count). The van der Waals surface area contributed by atoms with Crippen molar-refractivity contribution >= 4 is 16.9 Å². The highest BCUT2D eigenvalue weighted by Crippen LogP contribution is 2.18. The first-order valence-electron chi connectivity index (χ1n) is 6.98. The Kier molecular flexibility index (Phi) is 7.83. The van der Waals surface area contributed by atoms with E-state index < -0.39 is 0 Å². The van der Waals surface area contributed by atoms with Gasteiger partial charge in [0.25, 0.3) is 0 Å². The fourth-order valence-electron chi connectivity index (χ4n) is 1.93. The number of hydrogen-bond acceptors (Lipinski definition) is 2. The molecule has 0 aliphatic carbocycles. The lowest BCUT2D eigenvalue weighted by Crippen LogP contribution is -1.97. The molecule has 0 radical (unpaired) electrons. The molecule has 1 nitrogen and oxygen atoms in total. The monoisotopic (exact) mass is 264 g/mol. The van der Waals surface area contributed by atoms with Crippen LogP contribution in [0.15, 0.2) is 24.3 Å². The maximum Gasteiger partial charge on any atom is 0.219 e. The molecule has 100 valence electrons. The van der Waals surface area contributed by atoms with Gasteiger partial charge in [0.05, 0.1) is 0 Å². The van der Waals surface area contributed by atoms with E-state index in [1.165, 1.54) is 43.9 Å². The van der Waals surface area contributed by atoms with Gasteiger partial charge in [0.15, 0.2) is 0 Å². The number of unbranched alkanes of at least 4 members (excludes halogenated alkanes) is 5. The number of carbonyl (C=O) groups is 1. The highest BCUT2D eigenvalue weighted by Gasteiger charge is 2.08. The number of thioether (sulfide) groups is 1. The molecule has 0 N–H and O–H groups in total. The summed E-state index contributed by atoms with van der Waals surface area (Å²) in [5, 5.41) is 0.224. The van der Waals surface area contributed by atoms with E-state index >= 15 is 0 Å². The second-order valence-electron chi connectivity index (χ2n) is 4.72. The van der Waals surface area contributed by atoms with E-state index in [2.05, 4.69) is 6.92 Å². The molecule has 0 bridgehead atoms. The zero-order chi connectivity index (χ0) is 13.2. The summed E-state index contributed by atoms with van der Waals surface area (Å²) in [7, 11) is 0. The van der Waals surface area contributed by atoms with Crippen molar-refractivity contribution in [2.45, 2.75) is 52.4 Å². The molecule has 0 aliphatic heterocycles. The van der Waals surface area contributed by atoms with Crippen molar-refractivity contribution in [1.29, 1.82) is 0 Å². The number of rotatable bonds is 8. The Morgan fingerprint density at radius 3 is 2.44 bits per heavy atom. The quantitative estimate of drug-likeness (QED) is 0.598. The van der Waals surface area contributed by atoms with Crippen LogP contribution in [0.5, 0.6) is 0 Å². The highest BCUT2D eigenvalue weighted by atomic mass is 32.2. The van der Waals surface area contributed by atoms with Crippen LogP contribution in [0, 0.1) is 6.92 Å². The average Bonchev–Trinajstić information content (AvgIpc) is 2.38. The standard InChI is InChI=1S/C16H24OS/c1-3-4-5-6-7-10-13-18-16(17)15-12-9-8-11-14(15)2/h8-9,11-12H,3-7,10,13H2,1-2H3. The SMILES string of the molecule is CCCCCCCCSC(=O)c1ccccc1C. The summed E-state index contributed by atoms with van der Waals surface area (Å²) in [5.41, 5.74) is 1.95. The van der Waals surface area contributed by atoms with Crippen molar-refractivity contribution in [3.8, 4) is 0 Å². The number of benzene rings is 1. The van der Waals surface area contributed by atoms with E-state index in [1.807, 2.05) is 31.2 Å². The Morgan fingerprint density at radius 1 is 1.06 bits per heavy atom. The van der Waals surface area contributed by atoms with E-state index in [0.29, 0.717) is 0 Å². The fourth-order valence-corrected chi connectivity index (χ4v) is 2.85. The zero-order valence-electron chi connectivity index (χ0n) is 11.6. The first-order valence-corrected chi connectivity index (χ1v) is 7.97. The van der Waals surface area contributed by atoms with Crippen LogP contribution in [0.3, 0.4) is 0 Å². The van der Waals surface area contributed by atoms with Gasteiger partial charge in [-0.05, 0) is 18.9 Å². The highest BCUT2D eigenvalue weighted by molar-refractivity contribution is 8.14. The van der Waals surface area contributed by atoms with Gasteiger partial charge in [-0.3, -0.25) is 4.79 Å². The Hall–Kier alpha value is -0.760. The summed E-state index contributed by atoms with van der Waals surface area (Å²) in [6.45, 7) is 4.23. The second-order valence-corrected chi connectivity index (χ2v) is 5.79. The van der Waals surface area contributed by atoms with Crippen molar-refractivity contribution in [1.82, 2.24) is 0 Å². The van der Waals surface area contributed by atoms with Crippen molar-refractivity contribution in [2.75, 3.05) is 5.75 Å². The van der Waals surface area contributed by atoms with Gasteiger partial charge in [0.2, 0.25) is 5.12 Å². The second kappa shape index (κ2) is 9.21. The average molecular weight is 264 g/mol. The molecule has 0 atom stereocenters. The molecule has 1 aromatic carbocycles. The number of hydrogen-bond donors (Lipinski definition) is 0. The molecule has 2 heteroatoms. The molecule has 0 spiro atoms.